The second-order valence-corrected chi connectivity index (χ2v) is 4.98. The molecule has 0 fully saturated rings. The van der Waals surface area contributed by atoms with Crippen LogP contribution in [0.5, 0.6) is 0 Å². The summed E-state index contributed by atoms with van der Waals surface area (Å²) >= 11 is 0. The summed E-state index contributed by atoms with van der Waals surface area (Å²) in [6.07, 6.45) is 3.57. The van der Waals surface area contributed by atoms with Crippen LogP contribution in [0.4, 0.5) is 0 Å². The minimum absolute atomic E-state index is 0.00544. The van der Waals surface area contributed by atoms with E-state index >= 15 is 0 Å². The van der Waals surface area contributed by atoms with Crippen LogP contribution in [-0.4, -0.2) is 17.4 Å². The van der Waals surface area contributed by atoms with Gasteiger partial charge in [0.05, 0.1) is 0 Å². The number of nitrogens with zero attached hydrogens (tertiary/aromatic N) is 1. The summed E-state index contributed by atoms with van der Waals surface area (Å²) < 4.78 is 0. The van der Waals surface area contributed by atoms with Crippen LogP contribution in [0.25, 0.3) is 0 Å². The number of nitrogens with one attached hydrogen (secondary N) is 1. The molecule has 104 valence electrons. The van der Waals surface area contributed by atoms with E-state index in [4.69, 9.17) is 0 Å². The molecule has 20 heavy (non-hydrogen) atoms. The molecule has 2 rings (SSSR count). The summed E-state index contributed by atoms with van der Waals surface area (Å²) in [7, 11) is 0. The number of hydrogen-bond donors (Lipinski definition) is 1. The van der Waals surface area contributed by atoms with Crippen molar-refractivity contribution in [2.24, 2.45) is 0 Å². The molecular formula is C17H20N2O. The topological polar surface area (TPSA) is 42.0 Å². The number of carbonyl (C=O) groups is 1. The largest absolute Gasteiger partial charge is 0.352 e. The van der Waals surface area contributed by atoms with Gasteiger partial charge in [-0.15, -0.1) is 0 Å². The number of pyridine rings is 1. The quantitative estimate of drug-likeness (QED) is 0.847. The summed E-state index contributed by atoms with van der Waals surface area (Å²) in [5.41, 5.74) is 4.14. The Bertz CT molecular complexity index is 579. The zero-order chi connectivity index (χ0) is 14.4. The van der Waals surface area contributed by atoms with E-state index in [0.717, 1.165) is 29.7 Å². The summed E-state index contributed by atoms with van der Waals surface area (Å²) in [4.78, 5) is 16.3. The second-order valence-electron chi connectivity index (χ2n) is 4.98. The fourth-order valence-electron chi connectivity index (χ4n) is 2.00. The van der Waals surface area contributed by atoms with E-state index in [1.165, 1.54) is 5.56 Å². The lowest BCUT2D eigenvalue weighted by Crippen LogP contribution is -2.24. The minimum atomic E-state index is -0.00544. The van der Waals surface area contributed by atoms with E-state index < -0.39 is 0 Å². The molecule has 0 aliphatic carbocycles. The molecule has 0 atom stereocenters. The fourth-order valence-corrected chi connectivity index (χ4v) is 2.00. The maximum atomic E-state index is 12.0. The third kappa shape index (κ3) is 3.92. The lowest BCUT2D eigenvalue weighted by atomic mass is 10.1. The number of carbonyl (C=O) groups excluding carboxylic acids is 1. The molecule has 1 aromatic carbocycles. The number of benzene rings is 1. The van der Waals surface area contributed by atoms with Crippen LogP contribution in [-0.2, 0) is 6.42 Å². The first kappa shape index (κ1) is 14.3. The van der Waals surface area contributed by atoms with Crippen molar-refractivity contribution in [1.82, 2.24) is 10.3 Å². The van der Waals surface area contributed by atoms with Crippen LogP contribution in [0.1, 0.15) is 33.6 Å². The Kier molecular flexibility index (Phi) is 4.88. The van der Waals surface area contributed by atoms with Crippen molar-refractivity contribution in [3.63, 3.8) is 0 Å². The Morgan fingerprint density at radius 3 is 2.70 bits per heavy atom. The molecule has 0 bridgehead atoms. The predicted molar refractivity (Wildman–Crippen MR) is 80.8 cm³/mol. The van der Waals surface area contributed by atoms with Crippen molar-refractivity contribution in [3.05, 3.63) is 65.0 Å². The Morgan fingerprint density at radius 1 is 1.15 bits per heavy atom. The van der Waals surface area contributed by atoms with Crippen LogP contribution in [0.3, 0.4) is 0 Å². The Morgan fingerprint density at radius 2 is 2.00 bits per heavy atom. The standard InChI is InChI=1S/C17H20N2O/c1-13-8-9-15(12-14(13)2)17(20)19-11-5-7-16-6-3-4-10-18-16/h3-4,6,8-10,12H,5,7,11H2,1-2H3,(H,19,20). The van der Waals surface area contributed by atoms with E-state index in [0.29, 0.717) is 6.54 Å². The molecule has 1 N–H and O–H groups in total. The number of aryl methyl sites for hydroxylation is 3. The molecule has 0 spiro atoms. The van der Waals surface area contributed by atoms with Gasteiger partial charge in [-0.3, -0.25) is 9.78 Å². The molecule has 0 unspecified atom stereocenters. The van der Waals surface area contributed by atoms with Crippen molar-refractivity contribution in [3.8, 4) is 0 Å². The van der Waals surface area contributed by atoms with Crippen LogP contribution in [0.15, 0.2) is 42.6 Å². The van der Waals surface area contributed by atoms with Gasteiger partial charge in [-0.2, -0.15) is 0 Å². The van der Waals surface area contributed by atoms with E-state index in [-0.39, 0.29) is 5.91 Å². The minimum Gasteiger partial charge on any atom is -0.352 e. The maximum absolute atomic E-state index is 12.0. The highest BCUT2D eigenvalue weighted by molar-refractivity contribution is 5.94. The van der Waals surface area contributed by atoms with Gasteiger partial charge < -0.3 is 5.32 Å². The Labute approximate surface area is 120 Å². The van der Waals surface area contributed by atoms with E-state index in [9.17, 15) is 4.79 Å². The smallest absolute Gasteiger partial charge is 0.251 e. The number of hydrogen-bond acceptors (Lipinski definition) is 2. The zero-order valence-corrected chi connectivity index (χ0v) is 12.0. The lowest BCUT2D eigenvalue weighted by Gasteiger charge is -2.07. The van der Waals surface area contributed by atoms with Crippen molar-refractivity contribution in [2.75, 3.05) is 6.54 Å². The predicted octanol–water partition coefficient (Wildman–Crippen LogP) is 3.06. The highest BCUT2D eigenvalue weighted by atomic mass is 16.1. The maximum Gasteiger partial charge on any atom is 0.251 e. The molecule has 1 amide bonds. The summed E-state index contributed by atoms with van der Waals surface area (Å²) in [6.45, 7) is 4.74. The molecule has 0 radical (unpaired) electrons. The fraction of sp³-hybridized carbons (Fsp3) is 0.294. The molecule has 0 saturated carbocycles. The average Bonchev–Trinajstić information content (AvgIpc) is 2.47. The van der Waals surface area contributed by atoms with Gasteiger partial charge in [0.2, 0.25) is 0 Å². The summed E-state index contributed by atoms with van der Waals surface area (Å²) in [5.74, 6) is -0.00544. The molecule has 0 aliphatic heterocycles. The van der Waals surface area contributed by atoms with Gasteiger partial charge in [0.15, 0.2) is 0 Å². The molecule has 1 heterocycles. The van der Waals surface area contributed by atoms with Crippen LogP contribution < -0.4 is 5.32 Å². The van der Waals surface area contributed by atoms with Gasteiger partial charge in [0.1, 0.15) is 0 Å². The average molecular weight is 268 g/mol. The normalized spacial score (nSPS) is 10.3. The first-order valence-electron chi connectivity index (χ1n) is 6.92. The Balaban J connectivity index is 1.79. The highest BCUT2D eigenvalue weighted by Gasteiger charge is 2.05. The van der Waals surface area contributed by atoms with Crippen molar-refractivity contribution in [1.29, 1.82) is 0 Å². The Hall–Kier alpha value is -2.16. The number of aromatic nitrogens is 1. The lowest BCUT2D eigenvalue weighted by molar-refractivity contribution is 0.0953. The van der Waals surface area contributed by atoms with Crippen LogP contribution >= 0.6 is 0 Å². The third-order valence-corrected chi connectivity index (χ3v) is 3.39. The molecule has 2 aromatic rings. The molecular weight excluding hydrogens is 248 g/mol. The molecule has 0 aliphatic rings. The van der Waals surface area contributed by atoms with Gasteiger partial charge in [0, 0.05) is 24.0 Å². The third-order valence-electron chi connectivity index (χ3n) is 3.39. The first-order valence-corrected chi connectivity index (χ1v) is 6.92. The van der Waals surface area contributed by atoms with Gasteiger partial charge in [-0.05, 0) is 62.1 Å². The van der Waals surface area contributed by atoms with Gasteiger partial charge in [-0.1, -0.05) is 12.1 Å². The van der Waals surface area contributed by atoms with Gasteiger partial charge >= 0.3 is 0 Å². The van der Waals surface area contributed by atoms with E-state index in [1.54, 1.807) is 6.20 Å². The molecule has 3 nitrogen and oxygen atoms in total. The molecule has 1 aromatic heterocycles. The second kappa shape index (κ2) is 6.85. The summed E-state index contributed by atoms with van der Waals surface area (Å²) in [5, 5.41) is 2.95. The first-order chi connectivity index (χ1) is 9.66. The van der Waals surface area contributed by atoms with E-state index in [2.05, 4.69) is 10.3 Å². The van der Waals surface area contributed by atoms with Crippen molar-refractivity contribution in [2.45, 2.75) is 26.7 Å². The summed E-state index contributed by atoms with van der Waals surface area (Å²) in [6, 6.07) is 11.7. The van der Waals surface area contributed by atoms with Gasteiger partial charge in [-0.25, -0.2) is 0 Å². The molecule has 0 saturated heterocycles. The van der Waals surface area contributed by atoms with Gasteiger partial charge in [0.25, 0.3) is 5.91 Å². The van der Waals surface area contributed by atoms with Crippen molar-refractivity contribution >= 4 is 5.91 Å². The molecule has 3 heteroatoms. The monoisotopic (exact) mass is 268 g/mol. The number of rotatable bonds is 5. The number of amides is 1. The SMILES string of the molecule is Cc1ccc(C(=O)NCCCc2ccccn2)cc1C. The van der Waals surface area contributed by atoms with Crippen LogP contribution in [0, 0.1) is 13.8 Å². The highest BCUT2D eigenvalue weighted by Crippen LogP contribution is 2.09. The van der Waals surface area contributed by atoms with Crippen LogP contribution in [0.2, 0.25) is 0 Å². The zero-order valence-electron chi connectivity index (χ0n) is 12.0. The van der Waals surface area contributed by atoms with Crippen molar-refractivity contribution < 1.29 is 4.79 Å². The van der Waals surface area contributed by atoms with E-state index in [1.807, 2.05) is 50.2 Å².